The highest BCUT2D eigenvalue weighted by Gasteiger charge is 2.23. The molecular formula is C11H16O5. The average molecular weight is 228 g/mol. The van der Waals surface area contributed by atoms with Gasteiger partial charge >= 0.3 is 0 Å². The van der Waals surface area contributed by atoms with Crippen LogP contribution in [0.4, 0.5) is 0 Å². The Morgan fingerprint density at radius 2 is 1.56 bits per heavy atom. The number of hydrogen-bond donors (Lipinski definition) is 2. The van der Waals surface area contributed by atoms with E-state index in [2.05, 4.69) is 0 Å². The summed E-state index contributed by atoms with van der Waals surface area (Å²) in [6.07, 6.45) is -1.05. The van der Waals surface area contributed by atoms with Crippen molar-refractivity contribution in [2.24, 2.45) is 0 Å². The number of rotatable bonds is 5. The van der Waals surface area contributed by atoms with Crippen LogP contribution in [0.2, 0.25) is 0 Å². The first-order valence-corrected chi connectivity index (χ1v) is 4.74. The largest absolute Gasteiger partial charge is 0.504 e. The van der Waals surface area contributed by atoms with Crippen molar-refractivity contribution in [3.8, 4) is 11.5 Å². The lowest BCUT2D eigenvalue weighted by Crippen LogP contribution is -2.24. The van der Waals surface area contributed by atoms with Gasteiger partial charge in [-0.15, -0.1) is 0 Å². The molecule has 0 saturated carbocycles. The first-order chi connectivity index (χ1) is 7.63. The molecule has 16 heavy (non-hydrogen) atoms. The summed E-state index contributed by atoms with van der Waals surface area (Å²) in [5.41, 5.74) is 0.659. The highest BCUT2D eigenvalue weighted by atomic mass is 16.7. The fraction of sp³-hybridized carbons (Fsp3) is 0.455. The Morgan fingerprint density at radius 1 is 0.938 bits per heavy atom. The van der Waals surface area contributed by atoms with Crippen molar-refractivity contribution in [2.45, 2.75) is 12.4 Å². The molecule has 1 atom stereocenters. The van der Waals surface area contributed by atoms with E-state index in [0.717, 1.165) is 0 Å². The van der Waals surface area contributed by atoms with E-state index in [4.69, 9.17) is 14.2 Å². The van der Waals surface area contributed by atoms with Crippen molar-refractivity contribution in [3.63, 3.8) is 0 Å². The third-order valence-corrected chi connectivity index (χ3v) is 2.29. The van der Waals surface area contributed by atoms with Gasteiger partial charge in [-0.1, -0.05) is 6.07 Å². The minimum atomic E-state index is -0.575. The van der Waals surface area contributed by atoms with Crippen molar-refractivity contribution in [3.05, 3.63) is 23.8 Å². The molecule has 1 aromatic rings. The molecule has 1 aromatic carbocycles. The molecule has 90 valence electrons. The molecular weight excluding hydrogens is 212 g/mol. The lowest BCUT2D eigenvalue weighted by molar-refractivity contribution is -0.175. The Hall–Kier alpha value is -1.30. The predicted molar refractivity (Wildman–Crippen MR) is 57.3 cm³/mol. The molecule has 2 N–H and O–H groups in total. The van der Waals surface area contributed by atoms with Crippen LogP contribution in [0.3, 0.4) is 0 Å². The van der Waals surface area contributed by atoms with E-state index in [-0.39, 0.29) is 11.5 Å². The Morgan fingerprint density at radius 3 is 2.00 bits per heavy atom. The zero-order chi connectivity index (χ0) is 12.1. The van der Waals surface area contributed by atoms with Crippen LogP contribution in [0.1, 0.15) is 11.7 Å². The molecule has 0 bridgehead atoms. The van der Waals surface area contributed by atoms with Gasteiger partial charge in [-0.3, -0.25) is 0 Å². The van der Waals surface area contributed by atoms with Gasteiger partial charge in [-0.05, 0) is 17.7 Å². The number of methoxy groups -OCH3 is 3. The molecule has 1 unspecified atom stereocenters. The summed E-state index contributed by atoms with van der Waals surface area (Å²) in [6.45, 7) is 0. The molecule has 0 heterocycles. The van der Waals surface area contributed by atoms with Crippen molar-refractivity contribution < 1.29 is 24.4 Å². The van der Waals surface area contributed by atoms with Gasteiger partial charge in [0.1, 0.15) is 6.10 Å². The first kappa shape index (κ1) is 12.8. The van der Waals surface area contributed by atoms with Crippen molar-refractivity contribution in [1.29, 1.82) is 0 Å². The Kier molecular flexibility index (Phi) is 4.54. The first-order valence-electron chi connectivity index (χ1n) is 4.74. The fourth-order valence-electron chi connectivity index (χ4n) is 1.47. The normalized spacial score (nSPS) is 13.0. The summed E-state index contributed by atoms with van der Waals surface area (Å²) >= 11 is 0. The maximum atomic E-state index is 9.38. The van der Waals surface area contributed by atoms with Gasteiger partial charge in [0.2, 0.25) is 0 Å². The number of phenols is 2. The van der Waals surface area contributed by atoms with Crippen LogP contribution in [0, 0.1) is 0 Å². The molecule has 1 rings (SSSR count). The fourth-order valence-corrected chi connectivity index (χ4v) is 1.47. The summed E-state index contributed by atoms with van der Waals surface area (Å²) < 4.78 is 15.4. The van der Waals surface area contributed by atoms with Gasteiger partial charge in [0.25, 0.3) is 0 Å². The van der Waals surface area contributed by atoms with Crippen molar-refractivity contribution in [2.75, 3.05) is 21.3 Å². The Balaban J connectivity index is 2.98. The maximum absolute atomic E-state index is 9.38. The molecule has 0 saturated heterocycles. The number of phenolic OH excluding ortho intramolecular Hbond substituents is 2. The molecule has 0 amide bonds. The lowest BCUT2D eigenvalue weighted by Gasteiger charge is -2.23. The van der Waals surface area contributed by atoms with Crippen LogP contribution in [0.15, 0.2) is 18.2 Å². The number of aromatic hydroxyl groups is 2. The number of benzene rings is 1. The summed E-state index contributed by atoms with van der Waals surface area (Å²) in [6, 6.07) is 4.43. The third kappa shape index (κ3) is 2.63. The van der Waals surface area contributed by atoms with Crippen LogP contribution in [0.5, 0.6) is 11.5 Å². The van der Waals surface area contributed by atoms with E-state index in [1.807, 2.05) is 0 Å². The second-order valence-corrected chi connectivity index (χ2v) is 3.24. The quantitative estimate of drug-likeness (QED) is 0.589. The van der Waals surface area contributed by atoms with E-state index in [1.165, 1.54) is 33.5 Å². The predicted octanol–water partition coefficient (Wildman–Crippen LogP) is 1.40. The Bertz CT molecular complexity index is 335. The topological polar surface area (TPSA) is 68.2 Å². The van der Waals surface area contributed by atoms with Crippen molar-refractivity contribution >= 4 is 0 Å². The Labute approximate surface area is 94.2 Å². The molecule has 0 spiro atoms. The van der Waals surface area contributed by atoms with Crippen molar-refractivity contribution in [1.82, 2.24) is 0 Å². The molecule has 5 nitrogen and oxygen atoms in total. The highest BCUT2D eigenvalue weighted by Crippen LogP contribution is 2.31. The van der Waals surface area contributed by atoms with Crippen LogP contribution < -0.4 is 0 Å². The monoisotopic (exact) mass is 228 g/mol. The van der Waals surface area contributed by atoms with E-state index in [0.29, 0.717) is 5.56 Å². The van der Waals surface area contributed by atoms with E-state index in [1.54, 1.807) is 6.07 Å². The zero-order valence-corrected chi connectivity index (χ0v) is 9.51. The second-order valence-electron chi connectivity index (χ2n) is 3.24. The number of hydrogen-bond acceptors (Lipinski definition) is 5. The summed E-state index contributed by atoms with van der Waals surface area (Å²) in [4.78, 5) is 0. The SMILES string of the molecule is COC(OC)C(OC)c1ccc(O)c(O)c1. The number of ether oxygens (including phenoxy) is 3. The van der Waals surface area contributed by atoms with Crippen LogP contribution >= 0.6 is 0 Å². The summed E-state index contributed by atoms with van der Waals surface area (Å²) in [7, 11) is 4.51. The molecule has 0 aliphatic carbocycles. The molecule has 0 aromatic heterocycles. The highest BCUT2D eigenvalue weighted by molar-refractivity contribution is 5.41. The van der Waals surface area contributed by atoms with Gasteiger partial charge in [-0.25, -0.2) is 0 Å². The van der Waals surface area contributed by atoms with Gasteiger partial charge in [0.15, 0.2) is 17.8 Å². The standard InChI is InChI=1S/C11H16O5/c1-14-10(11(15-2)16-3)7-4-5-8(12)9(13)6-7/h4-6,10-13H,1-3H3. The van der Waals surface area contributed by atoms with Crippen LogP contribution in [0.25, 0.3) is 0 Å². The summed E-state index contributed by atoms with van der Waals surface area (Å²) in [5.74, 6) is -0.379. The molecule has 0 aliphatic heterocycles. The lowest BCUT2D eigenvalue weighted by atomic mass is 10.1. The second kappa shape index (κ2) is 5.69. The summed E-state index contributed by atoms with van der Waals surface area (Å²) in [5, 5.41) is 18.6. The van der Waals surface area contributed by atoms with E-state index < -0.39 is 12.4 Å². The van der Waals surface area contributed by atoms with Crippen LogP contribution in [-0.4, -0.2) is 37.8 Å². The average Bonchev–Trinajstić information content (AvgIpc) is 2.29. The van der Waals surface area contributed by atoms with E-state index in [9.17, 15) is 10.2 Å². The van der Waals surface area contributed by atoms with Crippen LogP contribution in [-0.2, 0) is 14.2 Å². The molecule has 5 heteroatoms. The third-order valence-electron chi connectivity index (χ3n) is 2.29. The maximum Gasteiger partial charge on any atom is 0.187 e. The minimum Gasteiger partial charge on any atom is -0.504 e. The van der Waals surface area contributed by atoms with E-state index >= 15 is 0 Å². The van der Waals surface area contributed by atoms with Gasteiger partial charge in [-0.2, -0.15) is 0 Å². The molecule has 0 aliphatic rings. The smallest absolute Gasteiger partial charge is 0.187 e. The van der Waals surface area contributed by atoms with Gasteiger partial charge < -0.3 is 24.4 Å². The van der Waals surface area contributed by atoms with Gasteiger partial charge in [0.05, 0.1) is 0 Å². The van der Waals surface area contributed by atoms with Gasteiger partial charge in [0, 0.05) is 21.3 Å². The zero-order valence-electron chi connectivity index (χ0n) is 9.51. The molecule has 0 radical (unpaired) electrons. The molecule has 0 fully saturated rings. The minimum absolute atomic E-state index is 0.176.